The van der Waals surface area contributed by atoms with Gasteiger partial charge >= 0.3 is 0 Å². The first kappa shape index (κ1) is 21.1. The van der Waals surface area contributed by atoms with Gasteiger partial charge in [-0.25, -0.2) is 0 Å². The van der Waals surface area contributed by atoms with E-state index in [0.29, 0.717) is 0 Å². The van der Waals surface area contributed by atoms with E-state index in [4.69, 9.17) is 4.74 Å². The Morgan fingerprint density at radius 2 is 1.92 bits per heavy atom. The van der Waals surface area contributed by atoms with Gasteiger partial charge in [-0.3, -0.25) is 4.99 Å². The Balaban J connectivity index is 0.00000243. The van der Waals surface area contributed by atoms with Crippen LogP contribution in [0.1, 0.15) is 6.42 Å². The molecule has 6 nitrogen and oxygen atoms in total. The van der Waals surface area contributed by atoms with E-state index in [1.165, 1.54) is 25.2 Å². The lowest BCUT2D eigenvalue weighted by Crippen LogP contribution is -2.53. The molecule has 1 unspecified atom stereocenters. The van der Waals surface area contributed by atoms with Crippen molar-refractivity contribution in [1.29, 1.82) is 0 Å². The van der Waals surface area contributed by atoms with Crippen LogP contribution in [-0.4, -0.2) is 82.8 Å². The van der Waals surface area contributed by atoms with Gasteiger partial charge in [-0.15, -0.1) is 24.0 Å². The summed E-state index contributed by atoms with van der Waals surface area (Å²) >= 11 is 0. The summed E-state index contributed by atoms with van der Waals surface area (Å²) in [6.45, 7) is 7.32. The van der Waals surface area contributed by atoms with Crippen molar-refractivity contribution >= 4 is 35.6 Å². The number of aliphatic imine (C=N–C) groups is 1. The van der Waals surface area contributed by atoms with Crippen LogP contribution >= 0.6 is 24.0 Å². The van der Waals surface area contributed by atoms with Crippen molar-refractivity contribution in [2.45, 2.75) is 6.42 Å². The zero-order valence-corrected chi connectivity index (χ0v) is 18.5. The summed E-state index contributed by atoms with van der Waals surface area (Å²) in [6.07, 6.45) is 1.28. The van der Waals surface area contributed by atoms with Crippen molar-refractivity contribution in [2.75, 3.05) is 71.9 Å². The monoisotopic (exact) mass is 473 g/mol. The maximum Gasteiger partial charge on any atom is 0.193 e. The summed E-state index contributed by atoms with van der Waals surface area (Å²) in [7, 11) is 5.82. The quantitative estimate of drug-likeness (QED) is 0.412. The van der Waals surface area contributed by atoms with Gasteiger partial charge in [0.2, 0.25) is 0 Å². The van der Waals surface area contributed by atoms with Crippen molar-refractivity contribution in [3.8, 4) is 5.75 Å². The normalized spacial score (nSPS) is 21.5. The van der Waals surface area contributed by atoms with Crippen LogP contribution in [0.25, 0.3) is 0 Å². The van der Waals surface area contributed by atoms with E-state index in [2.05, 4.69) is 44.2 Å². The number of methoxy groups -OCH3 is 1. The van der Waals surface area contributed by atoms with Crippen molar-refractivity contribution in [3.63, 3.8) is 0 Å². The van der Waals surface area contributed by atoms with E-state index in [-0.39, 0.29) is 24.0 Å². The average Bonchev–Trinajstić information content (AvgIpc) is 3.08. The number of ether oxygens (including phenoxy) is 1. The fraction of sp³-hybridized carbons (Fsp3) is 0.632. The summed E-state index contributed by atoms with van der Waals surface area (Å²) in [4.78, 5) is 11.7. The number of hydrogen-bond acceptors (Lipinski definition) is 4. The van der Waals surface area contributed by atoms with Crippen LogP contribution in [0.15, 0.2) is 29.3 Å². The molecule has 2 saturated heterocycles. The number of anilines is 1. The Kier molecular flexibility index (Phi) is 8.27. The highest BCUT2D eigenvalue weighted by Crippen LogP contribution is 2.28. The number of guanidine groups is 1. The van der Waals surface area contributed by atoms with Gasteiger partial charge in [0.05, 0.1) is 12.8 Å². The molecule has 2 heterocycles. The second kappa shape index (κ2) is 10.2. The van der Waals surface area contributed by atoms with Gasteiger partial charge in [0.15, 0.2) is 5.96 Å². The average molecular weight is 473 g/mol. The highest BCUT2D eigenvalue weighted by Gasteiger charge is 2.23. The minimum absolute atomic E-state index is 0. The van der Waals surface area contributed by atoms with Crippen LogP contribution in [0.4, 0.5) is 5.69 Å². The highest BCUT2D eigenvalue weighted by atomic mass is 127. The Morgan fingerprint density at radius 1 is 1.19 bits per heavy atom. The maximum absolute atomic E-state index is 5.50. The van der Waals surface area contributed by atoms with Crippen molar-refractivity contribution in [2.24, 2.45) is 10.9 Å². The van der Waals surface area contributed by atoms with E-state index in [0.717, 1.165) is 50.4 Å². The van der Waals surface area contributed by atoms with Crippen molar-refractivity contribution < 1.29 is 4.74 Å². The van der Waals surface area contributed by atoms with E-state index in [1.807, 2.05) is 19.2 Å². The van der Waals surface area contributed by atoms with Gasteiger partial charge in [0, 0.05) is 46.3 Å². The molecule has 7 heteroatoms. The molecule has 0 aromatic heterocycles. The lowest BCUT2D eigenvalue weighted by Gasteiger charge is -2.38. The molecule has 0 spiro atoms. The first-order chi connectivity index (χ1) is 12.2. The van der Waals surface area contributed by atoms with Gasteiger partial charge in [-0.1, -0.05) is 12.1 Å². The van der Waals surface area contributed by atoms with E-state index in [1.54, 1.807) is 7.11 Å². The molecule has 0 radical (unpaired) electrons. The lowest BCUT2D eigenvalue weighted by molar-refractivity contribution is 0.360. The molecule has 2 aliphatic rings. The number of benzene rings is 1. The second-order valence-electron chi connectivity index (χ2n) is 6.99. The van der Waals surface area contributed by atoms with Gasteiger partial charge < -0.3 is 24.8 Å². The standard InChI is InChI=1S/C19H31N5O.HI/c1-20-19(21-14-16-8-9-22(2)15-16)24-12-10-23(11-13-24)17-6-4-5-7-18(17)25-3;/h4-7,16H,8-15H2,1-3H3,(H,20,21);1H. The van der Waals surface area contributed by atoms with Crippen LogP contribution in [0, 0.1) is 5.92 Å². The summed E-state index contributed by atoms with van der Waals surface area (Å²) in [5.74, 6) is 2.72. The smallest absolute Gasteiger partial charge is 0.193 e. The predicted octanol–water partition coefficient (Wildman–Crippen LogP) is 1.96. The Morgan fingerprint density at radius 3 is 2.54 bits per heavy atom. The molecule has 1 aromatic carbocycles. The van der Waals surface area contributed by atoms with Crippen molar-refractivity contribution in [3.05, 3.63) is 24.3 Å². The molecular formula is C19H32IN5O. The number of hydrogen-bond donors (Lipinski definition) is 1. The first-order valence-corrected chi connectivity index (χ1v) is 9.23. The molecular weight excluding hydrogens is 441 g/mol. The van der Waals surface area contributed by atoms with E-state index in [9.17, 15) is 0 Å². The zero-order valence-electron chi connectivity index (χ0n) is 16.1. The van der Waals surface area contributed by atoms with Crippen LogP contribution in [0.5, 0.6) is 5.75 Å². The molecule has 146 valence electrons. The fourth-order valence-corrected chi connectivity index (χ4v) is 3.81. The third-order valence-electron chi connectivity index (χ3n) is 5.25. The molecule has 0 bridgehead atoms. The predicted molar refractivity (Wildman–Crippen MR) is 119 cm³/mol. The number of likely N-dealkylation sites (tertiary alicyclic amines) is 1. The molecule has 1 atom stereocenters. The molecule has 1 aromatic rings. The molecule has 3 rings (SSSR count). The van der Waals surface area contributed by atoms with Gasteiger partial charge in [-0.05, 0) is 38.1 Å². The first-order valence-electron chi connectivity index (χ1n) is 9.23. The summed E-state index contributed by atoms with van der Waals surface area (Å²) in [6, 6.07) is 8.26. The fourth-order valence-electron chi connectivity index (χ4n) is 3.81. The summed E-state index contributed by atoms with van der Waals surface area (Å²) in [5.41, 5.74) is 1.18. The third kappa shape index (κ3) is 5.16. The van der Waals surface area contributed by atoms with Gasteiger partial charge in [-0.2, -0.15) is 0 Å². The maximum atomic E-state index is 5.50. The summed E-state index contributed by atoms with van der Waals surface area (Å²) < 4.78 is 5.50. The Labute approximate surface area is 174 Å². The number of nitrogens with zero attached hydrogens (tertiary/aromatic N) is 4. The van der Waals surface area contributed by atoms with Crippen LogP contribution in [0.2, 0.25) is 0 Å². The molecule has 0 aliphatic carbocycles. The van der Waals surface area contributed by atoms with Crippen molar-refractivity contribution in [1.82, 2.24) is 15.1 Å². The minimum Gasteiger partial charge on any atom is -0.495 e. The second-order valence-corrected chi connectivity index (χ2v) is 6.99. The number of nitrogens with one attached hydrogen (secondary N) is 1. The molecule has 1 N–H and O–H groups in total. The molecule has 2 aliphatic heterocycles. The molecule has 26 heavy (non-hydrogen) atoms. The zero-order chi connectivity index (χ0) is 17.6. The molecule has 0 saturated carbocycles. The lowest BCUT2D eigenvalue weighted by atomic mass is 10.1. The Bertz CT molecular complexity index is 589. The van der Waals surface area contributed by atoms with Gasteiger partial charge in [0.25, 0.3) is 0 Å². The van der Waals surface area contributed by atoms with E-state index < -0.39 is 0 Å². The number of piperazine rings is 1. The van der Waals surface area contributed by atoms with Gasteiger partial charge in [0.1, 0.15) is 5.75 Å². The molecule has 0 amide bonds. The number of rotatable bonds is 4. The Hall–Kier alpha value is -1.22. The van der Waals surface area contributed by atoms with Crippen LogP contribution in [-0.2, 0) is 0 Å². The highest BCUT2D eigenvalue weighted by molar-refractivity contribution is 14.0. The topological polar surface area (TPSA) is 43.3 Å². The van der Waals surface area contributed by atoms with Crippen LogP contribution < -0.4 is 15.0 Å². The number of para-hydroxylation sites is 2. The van der Waals surface area contributed by atoms with E-state index >= 15 is 0 Å². The number of halogens is 1. The third-order valence-corrected chi connectivity index (χ3v) is 5.25. The minimum atomic E-state index is 0. The molecule has 2 fully saturated rings. The largest absolute Gasteiger partial charge is 0.495 e. The SMILES string of the molecule is CN=C(NCC1CCN(C)C1)N1CCN(c2ccccc2OC)CC1.I. The van der Waals surface area contributed by atoms with Crippen LogP contribution in [0.3, 0.4) is 0 Å². The summed E-state index contributed by atoms with van der Waals surface area (Å²) in [5, 5.41) is 3.58.